The molecule has 3 aromatic rings. The highest BCUT2D eigenvalue weighted by atomic mass is 32.2. The van der Waals surface area contributed by atoms with Crippen molar-refractivity contribution in [3.05, 3.63) is 60.4 Å². The summed E-state index contributed by atoms with van der Waals surface area (Å²) >= 11 is 0. The Morgan fingerprint density at radius 3 is 2.34 bits per heavy atom. The van der Waals surface area contributed by atoms with Crippen molar-refractivity contribution >= 4 is 15.9 Å². The van der Waals surface area contributed by atoms with Crippen LogP contribution in [0.3, 0.4) is 0 Å². The van der Waals surface area contributed by atoms with Crippen molar-refractivity contribution in [3.8, 4) is 11.7 Å². The van der Waals surface area contributed by atoms with Crippen LogP contribution in [-0.2, 0) is 10.0 Å². The Bertz CT molecular complexity index is 1150. The van der Waals surface area contributed by atoms with E-state index in [0.717, 1.165) is 4.31 Å². The number of nitrogens with zero attached hydrogens (tertiary/aromatic N) is 6. The summed E-state index contributed by atoms with van der Waals surface area (Å²) < 4.78 is 33.0. The van der Waals surface area contributed by atoms with E-state index in [9.17, 15) is 13.2 Å². The molecule has 0 N–H and O–H groups in total. The molecule has 168 valence electrons. The standard InChI is InChI=1S/C21H24N6O4S/c1-25(2)32(29,30)18-6-4-16(5-7-18)21(28)26-14-10-17(11-15-26)31-20-9-8-19(23-24-20)27-13-3-12-22-27/h3-9,12-13,17H,10-11,14-15H2,1-2H3. The van der Waals surface area contributed by atoms with Crippen molar-refractivity contribution in [2.75, 3.05) is 27.2 Å². The molecule has 0 unspecified atom stereocenters. The number of sulfonamides is 1. The van der Waals surface area contributed by atoms with Crippen LogP contribution in [0.15, 0.2) is 59.8 Å². The van der Waals surface area contributed by atoms with Gasteiger partial charge in [0.1, 0.15) is 6.10 Å². The van der Waals surface area contributed by atoms with Gasteiger partial charge in [0.05, 0.1) is 4.90 Å². The van der Waals surface area contributed by atoms with Gasteiger partial charge in [-0.3, -0.25) is 4.79 Å². The monoisotopic (exact) mass is 456 g/mol. The Labute approximate surface area is 186 Å². The van der Waals surface area contributed by atoms with E-state index in [1.165, 1.54) is 26.2 Å². The number of rotatable bonds is 6. The lowest BCUT2D eigenvalue weighted by Gasteiger charge is -2.32. The van der Waals surface area contributed by atoms with E-state index in [4.69, 9.17) is 4.74 Å². The maximum atomic E-state index is 12.8. The zero-order chi connectivity index (χ0) is 22.7. The van der Waals surface area contributed by atoms with E-state index >= 15 is 0 Å². The van der Waals surface area contributed by atoms with E-state index in [2.05, 4.69) is 15.3 Å². The summed E-state index contributed by atoms with van der Waals surface area (Å²) in [6.07, 6.45) is 4.73. The normalized spacial score (nSPS) is 15.2. The first kappa shape index (κ1) is 21.9. The summed E-state index contributed by atoms with van der Waals surface area (Å²) in [5.74, 6) is 0.913. The molecular formula is C21H24N6O4S. The van der Waals surface area contributed by atoms with Crippen LogP contribution in [0.25, 0.3) is 5.82 Å². The van der Waals surface area contributed by atoms with Crippen molar-refractivity contribution in [1.82, 2.24) is 29.2 Å². The van der Waals surface area contributed by atoms with Crippen LogP contribution in [0, 0.1) is 0 Å². The maximum absolute atomic E-state index is 12.8. The van der Waals surface area contributed by atoms with Gasteiger partial charge in [-0.2, -0.15) is 5.10 Å². The van der Waals surface area contributed by atoms with Gasteiger partial charge in [-0.1, -0.05) is 0 Å². The van der Waals surface area contributed by atoms with Gasteiger partial charge in [-0.05, 0) is 36.4 Å². The molecule has 4 rings (SSSR count). The first-order valence-electron chi connectivity index (χ1n) is 10.2. The molecule has 0 atom stereocenters. The van der Waals surface area contributed by atoms with Gasteiger partial charge < -0.3 is 9.64 Å². The largest absolute Gasteiger partial charge is 0.473 e. The number of ether oxygens (including phenoxy) is 1. The number of hydrogen-bond donors (Lipinski definition) is 0. The van der Waals surface area contributed by atoms with E-state index in [0.29, 0.717) is 43.2 Å². The average molecular weight is 457 g/mol. The van der Waals surface area contributed by atoms with Crippen molar-refractivity contribution in [1.29, 1.82) is 0 Å². The number of amides is 1. The molecule has 11 heteroatoms. The van der Waals surface area contributed by atoms with Gasteiger partial charge in [0.25, 0.3) is 5.91 Å². The molecule has 3 heterocycles. The van der Waals surface area contributed by atoms with Crippen molar-refractivity contribution in [2.24, 2.45) is 0 Å². The lowest BCUT2D eigenvalue weighted by Crippen LogP contribution is -2.41. The van der Waals surface area contributed by atoms with Crippen LogP contribution in [-0.4, -0.2) is 76.8 Å². The van der Waals surface area contributed by atoms with Gasteiger partial charge in [0.2, 0.25) is 15.9 Å². The van der Waals surface area contributed by atoms with Gasteiger partial charge in [-0.25, -0.2) is 17.4 Å². The number of hydrogen-bond acceptors (Lipinski definition) is 7. The van der Waals surface area contributed by atoms with Crippen LogP contribution in [0.1, 0.15) is 23.2 Å². The third kappa shape index (κ3) is 4.63. The number of carbonyl (C=O) groups excluding carboxylic acids is 1. The number of likely N-dealkylation sites (tertiary alicyclic amines) is 1. The SMILES string of the molecule is CN(C)S(=O)(=O)c1ccc(C(=O)N2CCC(Oc3ccc(-n4cccn4)nn3)CC2)cc1. The Hall–Kier alpha value is -3.31. The van der Waals surface area contributed by atoms with Crippen LogP contribution in [0.5, 0.6) is 5.88 Å². The van der Waals surface area contributed by atoms with Crippen molar-refractivity contribution in [2.45, 2.75) is 23.8 Å². The molecule has 1 saturated heterocycles. The molecule has 10 nitrogen and oxygen atoms in total. The van der Waals surface area contributed by atoms with E-state index in [-0.39, 0.29) is 16.9 Å². The second-order valence-electron chi connectivity index (χ2n) is 7.60. The topological polar surface area (TPSA) is 111 Å². The molecule has 1 fully saturated rings. The zero-order valence-corrected chi connectivity index (χ0v) is 18.6. The van der Waals surface area contributed by atoms with Crippen LogP contribution in [0.4, 0.5) is 0 Å². The first-order chi connectivity index (χ1) is 15.3. The fourth-order valence-corrected chi connectivity index (χ4v) is 4.31. The van der Waals surface area contributed by atoms with Crippen molar-refractivity contribution in [3.63, 3.8) is 0 Å². The minimum absolute atomic E-state index is 0.0588. The summed E-state index contributed by atoms with van der Waals surface area (Å²) in [6.45, 7) is 1.08. The fourth-order valence-electron chi connectivity index (χ4n) is 3.41. The Morgan fingerprint density at radius 1 is 1.06 bits per heavy atom. The molecule has 0 radical (unpaired) electrons. The average Bonchev–Trinajstić information content (AvgIpc) is 3.35. The lowest BCUT2D eigenvalue weighted by molar-refractivity contribution is 0.0586. The predicted octanol–water partition coefficient (Wildman–Crippen LogP) is 1.60. The Morgan fingerprint density at radius 2 is 1.78 bits per heavy atom. The second kappa shape index (κ2) is 9.05. The maximum Gasteiger partial charge on any atom is 0.253 e. The molecule has 0 spiro atoms. The molecule has 1 amide bonds. The summed E-state index contributed by atoms with van der Waals surface area (Å²) in [6, 6.07) is 11.4. The summed E-state index contributed by atoms with van der Waals surface area (Å²) in [5.41, 5.74) is 0.460. The third-order valence-electron chi connectivity index (χ3n) is 5.26. The Balaban J connectivity index is 1.32. The van der Waals surface area contributed by atoms with E-state index < -0.39 is 10.0 Å². The van der Waals surface area contributed by atoms with Gasteiger partial charge in [0, 0.05) is 64.1 Å². The van der Waals surface area contributed by atoms with Crippen LogP contribution < -0.4 is 4.74 Å². The highest BCUT2D eigenvalue weighted by Gasteiger charge is 2.26. The highest BCUT2D eigenvalue weighted by molar-refractivity contribution is 7.89. The van der Waals surface area contributed by atoms with E-state index in [1.807, 2.05) is 0 Å². The fraction of sp³-hybridized carbons (Fsp3) is 0.333. The van der Waals surface area contributed by atoms with Gasteiger partial charge >= 0.3 is 0 Å². The minimum Gasteiger partial charge on any atom is -0.473 e. The molecule has 1 aliphatic heterocycles. The first-order valence-corrected chi connectivity index (χ1v) is 11.6. The van der Waals surface area contributed by atoms with Crippen molar-refractivity contribution < 1.29 is 17.9 Å². The van der Waals surface area contributed by atoms with Crippen LogP contribution in [0.2, 0.25) is 0 Å². The molecule has 1 aromatic carbocycles. The number of benzene rings is 1. The quantitative estimate of drug-likeness (QED) is 0.554. The number of piperidine rings is 1. The summed E-state index contributed by atoms with van der Waals surface area (Å²) in [4.78, 5) is 14.7. The molecule has 0 saturated carbocycles. The Kier molecular flexibility index (Phi) is 6.19. The van der Waals surface area contributed by atoms with Gasteiger partial charge in [-0.15, -0.1) is 10.2 Å². The minimum atomic E-state index is -3.52. The summed E-state index contributed by atoms with van der Waals surface area (Å²) in [5, 5.41) is 12.3. The molecule has 32 heavy (non-hydrogen) atoms. The third-order valence-corrected chi connectivity index (χ3v) is 7.09. The molecule has 2 aromatic heterocycles. The van der Waals surface area contributed by atoms with Crippen LogP contribution >= 0.6 is 0 Å². The molecule has 1 aliphatic rings. The molecular weight excluding hydrogens is 432 g/mol. The molecule has 0 aliphatic carbocycles. The highest BCUT2D eigenvalue weighted by Crippen LogP contribution is 2.20. The second-order valence-corrected chi connectivity index (χ2v) is 9.75. The smallest absolute Gasteiger partial charge is 0.253 e. The predicted molar refractivity (Wildman–Crippen MR) is 116 cm³/mol. The molecule has 0 bridgehead atoms. The lowest BCUT2D eigenvalue weighted by atomic mass is 10.1. The zero-order valence-electron chi connectivity index (χ0n) is 17.8. The number of aromatic nitrogens is 4. The van der Waals surface area contributed by atoms with Gasteiger partial charge in [0.15, 0.2) is 5.82 Å². The number of carbonyl (C=O) groups is 1. The van der Waals surface area contributed by atoms with E-state index in [1.54, 1.807) is 52.3 Å². The summed E-state index contributed by atoms with van der Waals surface area (Å²) in [7, 11) is -0.576.